The minimum absolute atomic E-state index is 0.325. The van der Waals surface area contributed by atoms with Crippen LogP contribution in [-0.2, 0) is 10.2 Å². The van der Waals surface area contributed by atoms with Gasteiger partial charge in [-0.1, -0.05) is 6.58 Å². The number of hydrogen-bond donors (Lipinski definition) is 2. The molecule has 0 saturated carbocycles. The average molecular weight is 205 g/mol. The van der Waals surface area contributed by atoms with Crippen molar-refractivity contribution in [2.75, 3.05) is 26.2 Å². The van der Waals surface area contributed by atoms with Crippen LogP contribution in [0, 0.1) is 0 Å². The highest BCUT2D eigenvalue weighted by atomic mass is 32.2. The predicted octanol–water partition coefficient (Wildman–Crippen LogP) is -0.959. The van der Waals surface area contributed by atoms with Crippen LogP contribution in [0.1, 0.15) is 6.42 Å². The summed E-state index contributed by atoms with van der Waals surface area (Å²) >= 11 is 0. The molecule has 1 aliphatic heterocycles. The Morgan fingerprint density at radius 2 is 2.31 bits per heavy atom. The molecule has 13 heavy (non-hydrogen) atoms. The number of nitrogens with one attached hydrogen (secondary N) is 1. The molecule has 0 unspecified atom stereocenters. The minimum atomic E-state index is -3.26. The fourth-order valence-corrected chi connectivity index (χ4v) is 2.45. The number of hydrogen-bond acceptors (Lipinski definition) is 3. The van der Waals surface area contributed by atoms with E-state index >= 15 is 0 Å². The van der Waals surface area contributed by atoms with Crippen LogP contribution in [0.15, 0.2) is 12.2 Å². The fraction of sp³-hybridized carbons (Fsp3) is 0.714. The summed E-state index contributed by atoms with van der Waals surface area (Å²) in [5, 5.41) is 0. The Balaban J connectivity index is 2.62. The van der Waals surface area contributed by atoms with Gasteiger partial charge in [0.05, 0.1) is 0 Å². The van der Waals surface area contributed by atoms with Crippen LogP contribution >= 0.6 is 0 Å². The van der Waals surface area contributed by atoms with Gasteiger partial charge in [-0.2, -0.15) is 12.7 Å². The summed E-state index contributed by atoms with van der Waals surface area (Å²) in [4.78, 5) is 0. The molecule has 0 aliphatic carbocycles. The van der Waals surface area contributed by atoms with Crippen molar-refractivity contribution in [3.8, 4) is 0 Å². The van der Waals surface area contributed by atoms with Gasteiger partial charge in [0.2, 0.25) is 0 Å². The van der Waals surface area contributed by atoms with Crippen molar-refractivity contribution in [2.45, 2.75) is 6.42 Å². The molecule has 6 heteroatoms. The highest BCUT2D eigenvalue weighted by molar-refractivity contribution is 7.87. The molecule has 1 heterocycles. The van der Waals surface area contributed by atoms with Crippen LogP contribution in [0.4, 0.5) is 0 Å². The van der Waals surface area contributed by atoms with Crippen molar-refractivity contribution in [2.24, 2.45) is 5.73 Å². The molecule has 0 aromatic carbocycles. The first-order chi connectivity index (χ1) is 6.06. The highest BCUT2D eigenvalue weighted by Gasteiger charge is 2.24. The van der Waals surface area contributed by atoms with Crippen molar-refractivity contribution < 1.29 is 8.42 Å². The zero-order valence-electron chi connectivity index (χ0n) is 7.49. The average Bonchev–Trinajstić information content (AvgIpc) is 2.08. The maximum atomic E-state index is 11.4. The summed E-state index contributed by atoms with van der Waals surface area (Å²) < 4.78 is 26.6. The summed E-state index contributed by atoms with van der Waals surface area (Å²) in [6.45, 7) is 5.40. The minimum Gasteiger partial charge on any atom is -0.327 e. The monoisotopic (exact) mass is 205 g/mol. The number of nitrogens with two attached hydrogens (primary N) is 1. The lowest BCUT2D eigenvalue weighted by Gasteiger charge is -2.26. The summed E-state index contributed by atoms with van der Waals surface area (Å²) in [7, 11) is -3.26. The first-order valence-electron chi connectivity index (χ1n) is 4.17. The summed E-state index contributed by atoms with van der Waals surface area (Å²) in [5.41, 5.74) is 6.07. The standard InChI is InChI=1S/C7H15N3O2S/c1-7(5-8)6-10-4-2-3-9-13(10,11)12/h9H,1-6,8H2. The van der Waals surface area contributed by atoms with Gasteiger partial charge in [0.25, 0.3) is 10.2 Å². The molecule has 1 rings (SSSR count). The first kappa shape index (κ1) is 10.6. The Morgan fingerprint density at radius 1 is 1.62 bits per heavy atom. The van der Waals surface area contributed by atoms with Crippen LogP contribution in [0.5, 0.6) is 0 Å². The van der Waals surface area contributed by atoms with Gasteiger partial charge in [0.1, 0.15) is 0 Å². The van der Waals surface area contributed by atoms with Crippen molar-refractivity contribution >= 4 is 10.2 Å². The molecule has 76 valence electrons. The van der Waals surface area contributed by atoms with Gasteiger partial charge in [-0.15, -0.1) is 0 Å². The molecule has 0 aromatic heterocycles. The quantitative estimate of drug-likeness (QED) is 0.583. The topological polar surface area (TPSA) is 75.4 Å². The van der Waals surface area contributed by atoms with E-state index in [1.807, 2.05) is 0 Å². The van der Waals surface area contributed by atoms with Gasteiger partial charge in [-0.3, -0.25) is 0 Å². The molecule has 5 nitrogen and oxygen atoms in total. The highest BCUT2D eigenvalue weighted by Crippen LogP contribution is 2.07. The smallest absolute Gasteiger partial charge is 0.279 e. The normalized spacial score (nSPS) is 22.8. The molecule has 0 bridgehead atoms. The lowest BCUT2D eigenvalue weighted by atomic mass is 10.3. The predicted molar refractivity (Wildman–Crippen MR) is 51.3 cm³/mol. The van der Waals surface area contributed by atoms with E-state index in [0.29, 0.717) is 26.2 Å². The molecular weight excluding hydrogens is 190 g/mol. The van der Waals surface area contributed by atoms with E-state index in [0.717, 1.165) is 12.0 Å². The van der Waals surface area contributed by atoms with Gasteiger partial charge < -0.3 is 5.73 Å². The Kier molecular flexibility index (Phi) is 3.43. The van der Waals surface area contributed by atoms with E-state index in [1.165, 1.54) is 4.31 Å². The Labute approximate surface area is 78.8 Å². The fourth-order valence-electron chi connectivity index (χ4n) is 1.15. The third-order valence-electron chi connectivity index (χ3n) is 1.90. The van der Waals surface area contributed by atoms with Crippen molar-refractivity contribution in [1.29, 1.82) is 0 Å². The van der Waals surface area contributed by atoms with E-state index in [-0.39, 0.29) is 0 Å². The summed E-state index contributed by atoms with van der Waals surface area (Å²) in [6, 6.07) is 0. The molecule has 0 amide bonds. The zero-order chi connectivity index (χ0) is 9.90. The number of rotatable bonds is 3. The number of nitrogens with zero attached hydrogens (tertiary/aromatic N) is 1. The van der Waals surface area contributed by atoms with Crippen LogP contribution in [0.2, 0.25) is 0 Å². The summed E-state index contributed by atoms with van der Waals surface area (Å²) in [6.07, 6.45) is 0.830. The largest absolute Gasteiger partial charge is 0.327 e. The molecule has 3 N–H and O–H groups in total. The van der Waals surface area contributed by atoms with Crippen LogP contribution in [-0.4, -0.2) is 38.9 Å². The van der Waals surface area contributed by atoms with E-state index in [1.54, 1.807) is 0 Å². The van der Waals surface area contributed by atoms with E-state index < -0.39 is 10.2 Å². The molecule has 0 radical (unpaired) electrons. The Bertz CT molecular complexity index is 286. The van der Waals surface area contributed by atoms with Crippen LogP contribution in [0.25, 0.3) is 0 Å². The molecule has 1 aliphatic rings. The van der Waals surface area contributed by atoms with E-state index in [2.05, 4.69) is 11.3 Å². The van der Waals surface area contributed by atoms with Crippen molar-refractivity contribution in [3.05, 3.63) is 12.2 Å². The van der Waals surface area contributed by atoms with E-state index in [9.17, 15) is 8.42 Å². The van der Waals surface area contributed by atoms with Crippen LogP contribution < -0.4 is 10.5 Å². The molecule has 1 fully saturated rings. The lowest BCUT2D eigenvalue weighted by molar-refractivity contribution is 0.394. The SMILES string of the molecule is C=C(CN)CN1CCCNS1(=O)=O. The Hall–Kier alpha value is -0.430. The van der Waals surface area contributed by atoms with Gasteiger partial charge in [0, 0.05) is 26.2 Å². The molecule has 0 aromatic rings. The maximum absolute atomic E-state index is 11.4. The molecule has 0 atom stereocenters. The van der Waals surface area contributed by atoms with Gasteiger partial charge in [-0.25, -0.2) is 4.72 Å². The zero-order valence-corrected chi connectivity index (χ0v) is 8.31. The second-order valence-electron chi connectivity index (χ2n) is 3.04. The van der Waals surface area contributed by atoms with Gasteiger partial charge in [0.15, 0.2) is 0 Å². The first-order valence-corrected chi connectivity index (χ1v) is 5.62. The van der Waals surface area contributed by atoms with Gasteiger partial charge >= 0.3 is 0 Å². The van der Waals surface area contributed by atoms with E-state index in [4.69, 9.17) is 5.73 Å². The second kappa shape index (κ2) is 4.19. The Morgan fingerprint density at radius 3 is 2.85 bits per heavy atom. The second-order valence-corrected chi connectivity index (χ2v) is 4.80. The lowest BCUT2D eigenvalue weighted by Crippen LogP contribution is -2.47. The summed E-state index contributed by atoms with van der Waals surface area (Å²) in [5.74, 6) is 0. The maximum Gasteiger partial charge on any atom is 0.279 e. The third kappa shape index (κ3) is 2.77. The van der Waals surface area contributed by atoms with Crippen molar-refractivity contribution in [3.63, 3.8) is 0 Å². The molecular formula is C7H15N3O2S. The van der Waals surface area contributed by atoms with Gasteiger partial charge in [-0.05, 0) is 12.0 Å². The third-order valence-corrected chi connectivity index (χ3v) is 3.46. The van der Waals surface area contributed by atoms with Crippen LogP contribution in [0.3, 0.4) is 0 Å². The molecule has 0 spiro atoms. The molecule has 1 saturated heterocycles. The van der Waals surface area contributed by atoms with Crippen molar-refractivity contribution in [1.82, 2.24) is 9.03 Å².